The van der Waals surface area contributed by atoms with Crippen LogP contribution in [0.1, 0.15) is 45.9 Å². The molecule has 1 atom stereocenters. The number of aryl methyl sites for hydroxylation is 1. The average molecular weight is 456 g/mol. The van der Waals surface area contributed by atoms with Crippen LogP contribution in [-0.2, 0) is 9.53 Å². The van der Waals surface area contributed by atoms with Crippen molar-refractivity contribution in [2.75, 3.05) is 11.9 Å². The second kappa shape index (κ2) is 10.3. The van der Waals surface area contributed by atoms with Gasteiger partial charge in [0.15, 0.2) is 0 Å². The number of nitrogens with zero attached hydrogens (tertiary/aromatic N) is 3. The molecule has 2 aromatic heterocycles. The van der Waals surface area contributed by atoms with E-state index in [0.717, 1.165) is 16.3 Å². The van der Waals surface area contributed by atoms with Crippen molar-refractivity contribution in [3.05, 3.63) is 36.4 Å². The fourth-order valence-electron chi connectivity index (χ4n) is 3.32. The number of carbonyl (C=O) groups is 2. The number of alkyl carbamates (subject to hydrolysis) is 1. The molecule has 0 fully saturated rings. The quantitative estimate of drug-likeness (QED) is 0.406. The minimum Gasteiger partial charge on any atom is -0.481 e. The van der Waals surface area contributed by atoms with Gasteiger partial charge in [0.25, 0.3) is 0 Å². The number of rotatable bonds is 9. The summed E-state index contributed by atoms with van der Waals surface area (Å²) in [5.41, 5.74) is 0.197. The van der Waals surface area contributed by atoms with E-state index in [1.807, 2.05) is 24.3 Å². The second-order valence-electron chi connectivity index (χ2n) is 8.74. The van der Waals surface area contributed by atoms with Crippen LogP contribution in [0.3, 0.4) is 0 Å². The van der Waals surface area contributed by atoms with E-state index in [1.165, 1.54) is 0 Å². The number of aliphatic carboxylic acids is 1. The van der Waals surface area contributed by atoms with Gasteiger partial charge in [0.1, 0.15) is 11.4 Å². The van der Waals surface area contributed by atoms with E-state index >= 15 is 0 Å². The van der Waals surface area contributed by atoms with Crippen molar-refractivity contribution in [3.63, 3.8) is 0 Å². The number of anilines is 1. The van der Waals surface area contributed by atoms with Gasteiger partial charge in [-0.15, -0.1) is 0 Å². The maximum Gasteiger partial charge on any atom is 0.407 e. The fourth-order valence-corrected chi connectivity index (χ4v) is 3.32. The molecule has 10 heteroatoms. The van der Waals surface area contributed by atoms with Crippen LogP contribution in [0, 0.1) is 6.92 Å². The summed E-state index contributed by atoms with van der Waals surface area (Å²) in [5.74, 6) is 0.590. The highest BCUT2D eigenvalue weighted by Crippen LogP contribution is 2.27. The first-order chi connectivity index (χ1) is 15.6. The Labute approximate surface area is 191 Å². The third kappa shape index (κ3) is 7.16. The number of aromatic nitrogens is 3. The Kier molecular flexibility index (Phi) is 7.47. The minimum absolute atomic E-state index is 0.0891. The van der Waals surface area contributed by atoms with Crippen LogP contribution < -0.4 is 10.6 Å². The van der Waals surface area contributed by atoms with Gasteiger partial charge in [-0.1, -0.05) is 17.3 Å². The molecule has 0 spiro atoms. The lowest BCUT2D eigenvalue weighted by Gasteiger charge is -2.21. The predicted molar refractivity (Wildman–Crippen MR) is 123 cm³/mol. The molecule has 0 saturated carbocycles. The van der Waals surface area contributed by atoms with Gasteiger partial charge in [-0.25, -0.2) is 9.78 Å². The number of carboxylic acids is 1. The summed E-state index contributed by atoms with van der Waals surface area (Å²) in [7, 11) is 0. The van der Waals surface area contributed by atoms with Gasteiger partial charge < -0.3 is 25.0 Å². The molecule has 2 heterocycles. The molecule has 3 N–H and O–H groups in total. The lowest BCUT2D eigenvalue weighted by atomic mass is 10.1. The molecule has 1 aromatic carbocycles. The van der Waals surface area contributed by atoms with Crippen LogP contribution >= 0.6 is 0 Å². The first-order valence-corrected chi connectivity index (χ1v) is 10.8. The monoisotopic (exact) mass is 455 g/mol. The molecule has 0 radical (unpaired) electrons. The molecule has 3 rings (SSSR count). The number of carbonyl (C=O) groups excluding carboxylic acids is 1. The molecule has 0 aliphatic heterocycles. The molecule has 0 aliphatic carbocycles. The maximum absolute atomic E-state index is 11.8. The zero-order valence-electron chi connectivity index (χ0n) is 19.2. The number of pyridine rings is 1. The Bertz CT molecular complexity index is 1120. The lowest BCUT2D eigenvalue weighted by Crippen LogP contribution is -2.33. The molecule has 1 amide bonds. The van der Waals surface area contributed by atoms with Crippen molar-refractivity contribution < 1.29 is 24.0 Å². The highest BCUT2D eigenvalue weighted by molar-refractivity contribution is 5.94. The standard InChI is InChI=1S/C23H29N5O5/c1-14-26-20(28-33-14)16-8-7-15-9-11-24-21(18(15)12-16)27-17(13-19(29)30)6-5-10-25-22(31)32-23(2,3)4/h7-9,11-12,17H,5-6,10,13H2,1-4H3,(H,24,27)(H,25,31)(H,29,30). The molecule has 0 saturated heterocycles. The van der Waals surface area contributed by atoms with Gasteiger partial charge in [-0.2, -0.15) is 4.98 Å². The van der Waals surface area contributed by atoms with Crippen LogP contribution in [0.5, 0.6) is 0 Å². The Morgan fingerprint density at radius 3 is 2.70 bits per heavy atom. The van der Waals surface area contributed by atoms with Crippen LogP contribution in [0.15, 0.2) is 35.0 Å². The van der Waals surface area contributed by atoms with Crippen LogP contribution in [-0.4, -0.2) is 50.5 Å². The summed E-state index contributed by atoms with van der Waals surface area (Å²) < 4.78 is 10.3. The molecule has 33 heavy (non-hydrogen) atoms. The van der Waals surface area contributed by atoms with Gasteiger partial charge in [0.05, 0.1) is 6.42 Å². The third-order valence-electron chi connectivity index (χ3n) is 4.71. The summed E-state index contributed by atoms with van der Waals surface area (Å²) in [6.07, 6.45) is 2.18. The Morgan fingerprint density at radius 1 is 1.24 bits per heavy atom. The number of carboxylic acid groups (broad SMARTS) is 1. The summed E-state index contributed by atoms with van der Waals surface area (Å²) in [6.45, 7) is 7.47. The number of hydrogen-bond acceptors (Lipinski definition) is 8. The van der Waals surface area contributed by atoms with E-state index in [-0.39, 0.29) is 12.5 Å². The van der Waals surface area contributed by atoms with Crippen molar-refractivity contribution in [2.24, 2.45) is 0 Å². The molecule has 0 aliphatic rings. The van der Waals surface area contributed by atoms with Crippen molar-refractivity contribution in [3.8, 4) is 11.4 Å². The molecular weight excluding hydrogens is 426 g/mol. The Morgan fingerprint density at radius 2 is 2.03 bits per heavy atom. The molecule has 10 nitrogen and oxygen atoms in total. The highest BCUT2D eigenvalue weighted by atomic mass is 16.6. The lowest BCUT2D eigenvalue weighted by molar-refractivity contribution is -0.137. The average Bonchev–Trinajstić information content (AvgIpc) is 3.15. The predicted octanol–water partition coefficient (Wildman–Crippen LogP) is 4.15. The normalized spacial score (nSPS) is 12.4. The van der Waals surface area contributed by atoms with Crippen molar-refractivity contribution in [1.29, 1.82) is 0 Å². The van der Waals surface area contributed by atoms with E-state index in [4.69, 9.17) is 9.26 Å². The fraction of sp³-hybridized carbons (Fsp3) is 0.435. The molecular formula is C23H29N5O5. The Hall–Kier alpha value is -3.69. The zero-order valence-corrected chi connectivity index (χ0v) is 19.2. The number of fused-ring (bicyclic) bond motifs is 1. The highest BCUT2D eigenvalue weighted by Gasteiger charge is 2.18. The van der Waals surface area contributed by atoms with E-state index in [1.54, 1.807) is 33.9 Å². The smallest absolute Gasteiger partial charge is 0.407 e. The van der Waals surface area contributed by atoms with Crippen molar-refractivity contribution in [1.82, 2.24) is 20.4 Å². The first kappa shape index (κ1) is 24.0. The van der Waals surface area contributed by atoms with Gasteiger partial charge in [0, 0.05) is 36.7 Å². The first-order valence-electron chi connectivity index (χ1n) is 10.8. The number of benzene rings is 1. The number of ether oxygens (including phenoxy) is 1. The summed E-state index contributed by atoms with van der Waals surface area (Å²) in [5, 5.41) is 21.0. The second-order valence-corrected chi connectivity index (χ2v) is 8.74. The molecule has 3 aromatic rings. The number of amides is 1. The zero-order chi connectivity index (χ0) is 24.0. The van der Waals surface area contributed by atoms with Crippen LogP contribution in [0.2, 0.25) is 0 Å². The minimum atomic E-state index is -0.921. The van der Waals surface area contributed by atoms with Gasteiger partial charge >= 0.3 is 12.1 Å². The number of nitrogens with one attached hydrogen (secondary N) is 2. The maximum atomic E-state index is 11.8. The molecule has 1 unspecified atom stereocenters. The van der Waals surface area contributed by atoms with Crippen LogP contribution in [0.4, 0.5) is 10.6 Å². The Balaban J connectivity index is 1.71. The van der Waals surface area contributed by atoms with E-state index in [2.05, 4.69) is 25.8 Å². The summed E-state index contributed by atoms with van der Waals surface area (Å²) in [4.78, 5) is 31.9. The number of hydrogen-bond donors (Lipinski definition) is 3. The van der Waals surface area contributed by atoms with Gasteiger partial charge in [-0.3, -0.25) is 4.79 Å². The van der Waals surface area contributed by atoms with Crippen molar-refractivity contribution >= 4 is 28.7 Å². The van der Waals surface area contributed by atoms with Crippen molar-refractivity contribution in [2.45, 2.75) is 58.6 Å². The van der Waals surface area contributed by atoms with Gasteiger partial charge in [-0.05, 0) is 51.1 Å². The van der Waals surface area contributed by atoms with E-state index < -0.39 is 17.7 Å². The SMILES string of the molecule is Cc1nc(-c2ccc3ccnc(NC(CCCNC(=O)OC(C)(C)C)CC(=O)O)c3c2)no1. The molecule has 0 bridgehead atoms. The van der Waals surface area contributed by atoms with E-state index in [9.17, 15) is 14.7 Å². The summed E-state index contributed by atoms with van der Waals surface area (Å²) >= 11 is 0. The van der Waals surface area contributed by atoms with E-state index in [0.29, 0.717) is 36.9 Å². The third-order valence-corrected chi connectivity index (χ3v) is 4.71. The largest absolute Gasteiger partial charge is 0.481 e. The van der Waals surface area contributed by atoms with Gasteiger partial charge in [0.2, 0.25) is 11.7 Å². The summed E-state index contributed by atoms with van der Waals surface area (Å²) in [6, 6.07) is 7.23. The van der Waals surface area contributed by atoms with Crippen LogP contribution in [0.25, 0.3) is 22.2 Å². The molecule has 176 valence electrons. The topological polar surface area (TPSA) is 139 Å².